The van der Waals surface area contributed by atoms with Crippen molar-refractivity contribution in [3.63, 3.8) is 0 Å². The van der Waals surface area contributed by atoms with E-state index in [4.69, 9.17) is 0 Å². The minimum Gasteiger partial charge on any atom is -0.373 e. The molecule has 0 spiro atoms. The monoisotopic (exact) mass is 386 g/mol. The molecule has 0 bridgehead atoms. The molecular formula is C20H27FN6O. The van der Waals surface area contributed by atoms with Crippen LogP contribution in [0.3, 0.4) is 0 Å². The minimum absolute atomic E-state index is 0.0109. The summed E-state index contributed by atoms with van der Waals surface area (Å²) in [6.07, 6.45) is 1.88. The molecular weight excluding hydrogens is 359 g/mol. The largest absolute Gasteiger partial charge is 0.373 e. The molecule has 1 saturated heterocycles. The fourth-order valence-electron chi connectivity index (χ4n) is 3.49. The molecule has 1 aliphatic heterocycles. The Hall–Kier alpha value is -2.58. The molecule has 2 heterocycles. The van der Waals surface area contributed by atoms with Gasteiger partial charge in [0.1, 0.15) is 17.5 Å². The van der Waals surface area contributed by atoms with Crippen molar-refractivity contribution in [3.05, 3.63) is 47.2 Å². The Balaban J connectivity index is 1.73. The van der Waals surface area contributed by atoms with Crippen LogP contribution in [0, 0.1) is 12.7 Å². The zero-order valence-electron chi connectivity index (χ0n) is 16.6. The van der Waals surface area contributed by atoms with E-state index < -0.39 is 0 Å². The van der Waals surface area contributed by atoms with Gasteiger partial charge in [0.15, 0.2) is 0 Å². The number of amides is 1. The topological polar surface area (TPSA) is 82.2 Å². The fraction of sp³-hybridized carbons (Fsp3) is 0.450. The number of hydrogen-bond donors (Lipinski definition) is 3. The maximum atomic E-state index is 13.7. The third-order valence-corrected chi connectivity index (χ3v) is 4.96. The molecule has 3 rings (SSSR count). The number of halogens is 1. The predicted molar refractivity (Wildman–Crippen MR) is 108 cm³/mol. The summed E-state index contributed by atoms with van der Waals surface area (Å²) in [5.41, 5.74) is 1.85. The van der Waals surface area contributed by atoms with Gasteiger partial charge < -0.3 is 16.0 Å². The highest BCUT2D eigenvalue weighted by atomic mass is 19.1. The molecule has 7 nitrogen and oxygen atoms in total. The molecule has 1 aromatic carbocycles. The van der Waals surface area contributed by atoms with E-state index >= 15 is 0 Å². The smallest absolute Gasteiger partial charge is 0.238 e. The fourth-order valence-corrected chi connectivity index (χ4v) is 3.49. The summed E-state index contributed by atoms with van der Waals surface area (Å²) in [7, 11) is 3.71. The zero-order chi connectivity index (χ0) is 20.1. The van der Waals surface area contributed by atoms with Gasteiger partial charge in [-0.2, -0.15) is 0 Å². The highest BCUT2D eigenvalue weighted by molar-refractivity contribution is 5.93. The van der Waals surface area contributed by atoms with Crippen molar-refractivity contribution < 1.29 is 9.18 Å². The summed E-state index contributed by atoms with van der Waals surface area (Å²) < 4.78 is 13.7. The van der Waals surface area contributed by atoms with E-state index in [2.05, 4.69) is 30.8 Å². The van der Waals surface area contributed by atoms with Crippen molar-refractivity contribution in [3.8, 4) is 0 Å². The van der Waals surface area contributed by atoms with Gasteiger partial charge in [0.25, 0.3) is 0 Å². The van der Waals surface area contributed by atoms with Crippen LogP contribution in [0.2, 0.25) is 0 Å². The van der Waals surface area contributed by atoms with E-state index in [0.29, 0.717) is 17.8 Å². The van der Waals surface area contributed by atoms with E-state index in [1.165, 1.54) is 6.07 Å². The first kappa shape index (κ1) is 20.2. The first-order chi connectivity index (χ1) is 13.5. The molecule has 1 unspecified atom stereocenters. The van der Waals surface area contributed by atoms with Crippen molar-refractivity contribution in [1.82, 2.24) is 20.2 Å². The lowest BCUT2D eigenvalue weighted by atomic mass is 10.2. The molecule has 1 aliphatic rings. The summed E-state index contributed by atoms with van der Waals surface area (Å²) in [6, 6.07) is 6.59. The van der Waals surface area contributed by atoms with E-state index in [0.717, 1.165) is 36.7 Å². The molecule has 0 radical (unpaired) electrons. The summed E-state index contributed by atoms with van der Waals surface area (Å²) in [5.74, 6) is 0.998. The molecule has 150 valence electrons. The van der Waals surface area contributed by atoms with Gasteiger partial charge in [-0.3, -0.25) is 9.69 Å². The van der Waals surface area contributed by atoms with E-state index in [1.807, 2.05) is 20.2 Å². The maximum Gasteiger partial charge on any atom is 0.238 e. The second-order valence-corrected chi connectivity index (χ2v) is 6.97. The number of nitrogens with one attached hydrogen (secondary N) is 3. The van der Waals surface area contributed by atoms with Gasteiger partial charge in [-0.25, -0.2) is 14.4 Å². The zero-order valence-corrected chi connectivity index (χ0v) is 16.6. The van der Waals surface area contributed by atoms with Crippen LogP contribution in [0.4, 0.5) is 15.9 Å². The van der Waals surface area contributed by atoms with Gasteiger partial charge >= 0.3 is 0 Å². The number of nitrogens with zero attached hydrogens (tertiary/aromatic N) is 3. The molecule has 0 aliphatic carbocycles. The lowest BCUT2D eigenvalue weighted by Gasteiger charge is -2.23. The van der Waals surface area contributed by atoms with E-state index in [1.54, 1.807) is 19.1 Å². The average Bonchev–Trinajstić information content (AvgIpc) is 3.13. The first-order valence-corrected chi connectivity index (χ1v) is 9.51. The van der Waals surface area contributed by atoms with E-state index in [9.17, 15) is 9.18 Å². The lowest BCUT2D eigenvalue weighted by Crippen LogP contribution is -2.34. The van der Waals surface area contributed by atoms with Crippen LogP contribution in [-0.4, -0.2) is 48.0 Å². The van der Waals surface area contributed by atoms with Crippen molar-refractivity contribution in [2.75, 3.05) is 37.8 Å². The summed E-state index contributed by atoms with van der Waals surface area (Å²) >= 11 is 0. The number of aromatic nitrogens is 2. The SMILES string of the molecule is CNCc1cc(NC)nc(C2CCCN2CC(=O)Nc2cccc(F)c2C)n1. The standard InChI is InChI=1S/C20H27FN6O/c1-13-15(21)6-4-7-16(13)25-19(28)12-27-9-5-8-17(27)20-24-14(11-22-2)10-18(23-3)26-20/h4,6-7,10,17,22H,5,8-9,11-12H2,1-3H3,(H,25,28)(H,23,24,26). The van der Waals surface area contributed by atoms with Gasteiger partial charge in [0.05, 0.1) is 18.3 Å². The number of anilines is 2. The normalized spacial score (nSPS) is 16.9. The molecule has 2 aromatic rings. The first-order valence-electron chi connectivity index (χ1n) is 9.51. The van der Waals surface area contributed by atoms with Crippen LogP contribution >= 0.6 is 0 Å². The predicted octanol–water partition coefficient (Wildman–Crippen LogP) is 2.46. The van der Waals surface area contributed by atoms with Crippen LogP contribution in [-0.2, 0) is 11.3 Å². The Labute approximate surface area is 164 Å². The van der Waals surface area contributed by atoms with Gasteiger partial charge in [-0.05, 0) is 45.5 Å². The summed E-state index contributed by atoms with van der Waals surface area (Å²) in [4.78, 5) is 23.9. The molecule has 8 heteroatoms. The van der Waals surface area contributed by atoms with Gasteiger partial charge in [0.2, 0.25) is 5.91 Å². The minimum atomic E-state index is -0.328. The third-order valence-electron chi connectivity index (χ3n) is 4.96. The van der Waals surface area contributed by atoms with Crippen molar-refractivity contribution in [1.29, 1.82) is 0 Å². The lowest BCUT2D eigenvalue weighted by molar-refractivity contribution is -0.117. The van der Waals surface area contributed by atoms with Gasteiger partial charge in [-0.15, -0.1) is 0 Å². The molecule has 3 N–H and O–H groups in total. The molecule has 1 aromatic heterocycles. The third kappa shape index (κ3) is 4.63. The number of carbonyl (C=O) groups excluding carboxylic acids is 1. The quantitative estimate of drug-likeness (QED) is 0.678. The summed E-state index contributed by atoms with van der Waals surface area (Å²) in [6.45, 7) is 3.32. The second-order valence-electron chi connectivity index (χ2n) is 6.97. The number of benzene rings is 1. The van der Waals surface area contributed by atoms with Crippen molar-refractivity contribution in [2.24, 2.45) is 0 Å². The van der Waals surface area contributed by atoms with Crippen LogP contribution in [0.25, 0.3) is 0 Å². The van der Waals surface area contributed by atoms with E-state index in [-0.39, 0.29) is 24.3 Å². The molecule has 1 fully saturated rings. The number of carbonyl (C=O) groups is 1. The van der Waals surface area contributed by atoms with Crippen molar-refractivity contribution in [2.45, 2.75) is 32.4 Å². The Morgan fingerprint density at radius 1 is 1.32 bits per heavy atom. The second kappa shape index (κ2) is 9.07. The van der Waals surface area contributed by atoms with Crippen LogP contribution < -0.4 is 16.0 Å². The number of likely N-dealkylation sites (tertiary alicyclic amines) is 1. The van der Waals surface area contributed by atoms with Gasteiger partial charge in [0, 0.05) is 30.9 Å². The van der Waals surface area contributed by atoms with Crippen LogP contribution in [0.15, 0.2) is 24.3 Å². The van der Waals surface area contributed by atoms with Crippen molar-refractivity contribution >= 4 is 17.4 Å². The average molecular weight is 386 g/mol. The molecule has 1 atom stereocenters. The highest BCUT2D eigenvalue weighted by Gasteiger charge is 2.30. The van der Waals surface area contributed by atoms with Crippen LogP contribution in [0.5, 0.6) is 0 Å². The molecule has 0 saturated carbocycles. The maximum absolute atomic E-state index is 13.7. The Bertz CT molecular complexity index is 843. The highest BCUT2D eigenvalue weighted by Crippen LogP contribution is 2.30. The molecule has 1 amide bonds. The molecule has 28 heavy (non-hydrogen) atoms. The Morgan fingerprint density at radius 2 is 2.14 bits per heavy atom. The number of rotatable bonds is 7. The Morgan fingerprint density at radius 3 is 2.89 bits per heavy atom. The van der Waals surface area contributed by atoms with Crippen LogP contribution in [0.1, 0.15) is 36.0 Å². The number of hydrogen-bond acceptors (Lipinski definition) is 6. The summed E-state index contributed by atoms with van der Waals surface area (Å²) in [5, 5.41) is 9.00. The van der Waals surface area contributed by atoms with Gasteiger partial charge in [-0.1, -0.05) is 6.07 Å². The Kier molecular flexibility index (Phi) is 6.53.